The van der Waals surface area contributed by atoms with Crippen LogP contribution in [0.25, 0.3) is 6.08 Å². The minimum absolute atomic E-state index is 0.00739. The summed E-state index contributed by atoms with van der Waals surface area (Å²) in [4.78, 5) is 31.0. The Morgan fingerprint density at radius 3 is 2.60 bits per heavy atom. The summed E-state index contributed by atoms with van der Waals surface area (Å²) >= 11 is -1.14. The monoisotopic (exact) mass is 498 g/mol. The highest BCUT2D eigenvalue weighted by molar-refractivity contribution is 7.89. The van der Waals surface area contributed by atoms with Crippen LogP contribution in [0.5, 0.6) is 0 Å². The lowest BCUT2D eigenvalue weighted by Gasteiger charge is -2.34. The van der Waals surface area contributed by atoms with Gasteiger partial charge in [-0.05, 0) is 67.9 Å². The van der Waals surface area contributed by atoms with Gasteiger partial charge in [-0.3, -0.25) is 14.6 Å². The van der Waals surface area contributed by atoms with Crippen molar-refractivity contribution in [2.24, 2.45) is 16.8 Å². The average molecular weight is 499 g/mol. The molecule has 1 aromatic rings. The molecule has 2 amide bonds. The van der Waals surface area contributed by atoms with Crippen molar-refractivity contribution in [3.05, 3.63) is 35.4 Å². The quantitative estimate of drug-likeness (QED) is 0.604. The van der Waals surface area contributed by atoms with Crippen LogP contribution in [0.4, 0.5) is 5.69 Å². The zero-order valence-electron chi connectivity index (χ0n) is 21.4. The zero-order chi connectivity index (χ0) is 25.2. The molecule has 1 saturated carbocycles. The number of aliphatic imine (C=N–C) groups is 1. The van der Waals surface area contributed by atoms with E-state index in [-0.39, 0.29) is 11.8 Å². The summed E-state index contributed by atoms with van der Waals surface area (Å²) in [5, 5.41) is 3.10. The molecule has 0 unspecified atom stereocenters. The van der Waals surface area contributed by atoms with Crippen LogP contribution < -0.4 is 10.2 Å². The van der Waals surface area contributed by atoms with Gasteiger partial charge < -0.3 is 14.8 Å². The van der Waals surface area contributed by atoms with Crippen molar-refractivity contribution in [3.8, 4) is 0 Å². The highest BCUT2D eigenvalue weighted by Gasteiger charge is 2.48. The Morgan fingerprint density at radius 2 is 1.97 bits per heavy atom. The van der Waals surface area contributed by atoms with Gasteiger partial charge >= 0.3 is 0 Å². The third-order valence-corrected chi connectivity index (χ3v) is 9.31. The summed E-state index contributed by atoms with van der Waals surface area (Å²) in [5.74, 6) is 2.50. The fourth-order valence-electron chi connectivity index (χ4n) is 5.27. The van der Waals surface area contributed by atoms with E-state index in [1.54, 1.807) is 18.9 Å². The van der Waals surface area contributed by atoms with Gasteiger partial charge in [0.15, 0.2) is 0 Å². The molecule has 0 aromatic heterocycles. The molecule has 35 heavy (non-hydrogen) atoms. The van der Waals surface area contributed by atoms with Gasteiger partial charge in [0.1, 0.15) is 17.1 Å². The minimum Gasteiger partial charge on any atom is -0.598 e. The number of hydrogen-bond donors (Lipinski definition) is 1. The lowest BCUT2D eigenvalue weighted by atomic mass is 9.82. The summed E-state index contributed by atoms with van der Waals surface area (Å²) in [7, 11) is 1.76. The molecule has 2 heterocycles. The molecule has 8 heteroatoms. The lowest BCUT2D eigenvalue weighted by molar-refractivity contribution is -0.125. The summed E-state index contributed by atoms with van der Waals surface area (Å²) in [6.45, 7) is 7.06. The third-order valence-electron chi connectivity index (χ3n) is 7.89. The number of nitrogens with one attached hydrogen (secondary N) is 1. The second-order valence-electron chi connectivity index (χ2n) is 10.4. The minimum atomic E-state index is -1.14. The van der Waals surface area contributed by atoms with Crippen LogP contribution >= 0.6 is 0 Å². The van der Waals surface area contributed by atoms with Crippen LogP contribution in [0.15, 0.2) is 29.3 Å². The van der Waals surface area contributed by atoms with Gasteiger partial charge in [-0.15, -0.1) is 4.31 Å². The topological polar surface area (TPSA) is 88.1 Å². The maximum absolute atomic E-state index is 12.9. The van der Waals surface area contributed by atoms with Crippen molar-refractivity contribution >= 4 is 40.8 Å². The molecule has 1 saturated heterocycles. The van der Waals surface area contributed by atoms with E-state index in [0.29, 0.717) is 37.6 Å². The number of benzene rings is 1. The Bertz CT molecular complexity index is 1010. The Balaban J connectivity index is 1.30. The Kier molecular flexibility index (Phi) is 8.03. The van der Waals surface area contributed by atoms with E-state index in [2.05, 4.69) is 12.2 Å². The molecule has 1 aromatic carbocycles. The number of aryl methyl sites for hydroxylation is 1. The van der Waals surface area contributed by atoms with Gasteiger partial charge in [-0.1, -0.05) is 31.9 Å². The number of nitrogens with zero attached hydrogens (tertiary/aromatic N) is 3. The second kappa shape index (κ2) is 10.8. The highest BCUT2D eigenvalue weighted by Crippen LogP contribution is 2.36. The van der Waals surface area contributed by atoms with Gasteiger partial charge in [0, 0.05) is 50.0 Å². The van der Waals surface area contributed by atoms with Crippen molar-refractivity contribution < 1.29 is 14.1 Å². The molecular formula is C27H38N4O3S. The smallest absolute Gasteiger partial charge is 0.253 e. The fraction of sp³-hybridized carbons (Fsp3) is 0.593. The van der Waals surface area contributed by atoms with Crippen molar-refractivity contribution in [2.45, 2.75) is 64.8 Å². The first-order valence-electron chi connectivity index (χ1n) is 12.7. The molecule has 1 N–H and O–H groups in total. The first-order valence-corrected chi connectivity index (χ1v) is 14.0. The fourth-order valence-corrected chi connectivity index (χ4v) is 6.33. The molecule has 1 aliphatic carbocycles. The zero-order valence-corrected chi connectivity index (χ0v) is 22.2. The van der Waals surface area contributed by atoms with Crippen molar-refractivity contribution in [3.63, 3.8) is 0 Å². The van der Waals surface area contributed by atoms with Gasteiger partial charge in [0.25, 0.3) is 5.91 Å². The molecular weight excluding hydrogens is 460 g/mol. The number of rotatable bonds is 6. The van der Waals surface area contributed by atoms with Crippen LogP contribution in [0.1, 0.15) is 63.5 Å². The molecule has 0 bridgehead atoms. The molecule has 1 spiro atoms. The van der Waals surface area contributed by atoms with E-state index in [9.17, 15) is 14.1 Å². The molecule has 3 aliphatic rings. The van der Waals surface area contributed by atoms with E-state index in [0.717, 1.165) is 41.4 Å². The number of hydrogen-bond acceptors (Lipinski definition) is 5. The summed E-state index contributed by atoms with van der Waals surface area (Å²) in [6, 6.07) is 5.89. The summed E-state index contributed by atoms with van der Waals surface area (Å²) in [6.07, 6.45) is 9.78. The first-order chi connectivity index (χ1) is 16.7. The number of amidine groups is 1. The number of anilines is 1. The Hall–Kier alpha value is -2.16. The standard InChI is InChI=1S/C27H38N4O3S/c1-19-7-9-23(10-8-19)25-28-26(33)27(29-25)13-15-31(16-14-27)35(34)17-5-6-22-11-12-24(18-20(22)2)30(4)21(3)32/h5-6,11-12,18-19,23H,7-10,13-17H2,1-4H3,(H,28,29,33)/b6-5+/t19?,23?,35-/m0/s1. The SMILES string of the molecule is CC(=O)N(C)c1ccc(/C=C/C[S@+]([O-])N2CCC3(CC2)N=C(C2CCC(C)CC2)NC3=O)c(C)c1. The largest absolute Gasteiger partial charge is 0.598 e. The second-order valence-corrected chi connectivity index (χ2v) is 11.9. The number of carbonyl (C=O) groups is 2. The van der Waals surface area contributed by atoms with Crippen LogP contribution in [0.3, 0.4) is 0 Å². The molecule has 4 rings (SSSR count). The first kappa shape index (κ1) is 25.9. The van der Waals surface area contributed by atoms with E-state index >= 15 is 0 Å². The Labute approximate surface area is 212 Å². The van der Waals surface area contributed by atoms with E-state index in [4.69, 9.17) is 4.99 Å². The summed E-state index contributed by atoms with van der Waals surface area (Å²) < 4.78 is 14.9. The van der Waals surface area contributed by atoms with Gasteiger partial charge in [-0.2, -0.15) is 0 Å². The molecule has 2 aliphatic heterocycles. The molecule has 1 atom stereocenters. The number of carbonyl (C=O) groups excluding carboxylic acids is 2. The van der Waals surface area contributed by atoms with Crippen LogP contribution in [0.2, 0.25) is 0 Å². The summed E-state index contributed by atoms with van der Waals surface area (Å²) in [5.41, 5.74) is 2.30. The van der Waals surface area contributed by atoms with E-state index in [1.165, 1.54) is 12.8 Å². The van der Waals surface area contributed by atoms with Gasteiger partial charge in [0.05, 0.1) is 0 Å². The maximum Gasteiger partial charge on any atom is 0.253 e. The highest BCUT2D eigenvalue weighted by atomic mass is 32.2. The van der Waals surface area contributed by atoms with Crippen molar-refractivity contribution in [1.29, 1.82) is 0 Å². The normalized spacial score (nSPS) is 25.5. The number of amides is 2. The predicted octanol–water partition coefficient (Wildman–Crippen LogP) is 3.84. The van der Waals surface area contributed by atoms with Crippen molar-refractivity contribution in [1.82, 2.24) is 9.62 Å². The van der Waals surface area contributed by atoms with Crippen LogP contribution in [-0.2, 0) is 21.0 Å². The van der Waals surface area contributed by atoms with Gasteiger partial charge in [0.2, 0.25) is 5.91 Å². The predicted molar refractivity (Wildman–Crippen MR) is 143 cm³/mol. The van der Waals surface area contributed by atoms with Gasteiger partial charge in [-0.25, -0.2) is 0 Å². The lowest BCUT2D eigenvalue weighted by Crippen LogP contribution is -2.50. The molecule has 2 fully saturated rings. The number of piperidine rings is 1. The Morgan fingerprint density at radius 1 is 1.29 bits per heavy atom. The molecule has 7 nitrogen and oxygen atoms in total. The maximum atomic E-state index is 12.9. The van der Waals surface area contributed by atoms with Crippen LogP contribution in [-0.4, -0.2) is 57.9 Å². The van der Waals surface area contributed by atoms with Crippen molar-refractivity contribution in [2.75, 3.05) is 30.8 Å². The average Bonchev–Trinajstić information content (AvgIpc) is 3.15. The van der Waals surface area contributed by atoms with Crippen LogP contribution in [0, 0.1) is 18.8 Å². The molecule has 0 radical (unpaired) electrons. The molecule has 190 valence electrons. The van der Waals surface area contributed by atoms with E-state index in [1.807, 2.05) is 41.6 Å². The van der Waals surface area contributed by atoms with E-state index < -0.39 is 16.9 Å². The third kappa shape index (κ3) is 5.81.